The maximum atomic E-state index is 11.1. The van der Waals surface area contributed by atoms with E-state index in [1.165, 1.54) is 37.9 Å². The molecule has 0 bridgehead atoms. The molecular weight excluding hydrogens is 1630 g/mol. The van der Waals surface area contributed by atoms with Crippen LogP contribution in [-0.2, 0) is 66.8 Å². The standard InChI is InChI=1S/C24H30N2O.C23H34N2O2.C23H29NO2.C23H29NOS.C20H31N3O/c1-23(2,3)17-13-16(15-26-24(4,5)6)22(27)20(14-17)18-11-12-25-21-10-8-7-9-19(18)21;1-15(2)27-20-10-9-16(13-24-20)19-12-18(22(3,4)5)11-17(21(19)26)14-25-23(6,7)8;2*1-22(2,3)17-11-16(14-24-23(4,5)6)21(25)18(13-17)20-12-15-9-7-8-10-19(15)26-20;1-13-9-17(23(8)22-13)16-11-15(19(2,3)4)10-14(18(16)24)12-21-20(5,6)7/h7-14,26-27H,15H2,1-6H3;9-13,15,25-26H,14H2,1-8H3;2*7-13,24-25H,14H2,1-6H3;9-11,21,24H,12H2,1-8H3. The van der Waals surface area contributed by atoms with E-state index in [4.69, 9.17) is 9.15 Å². The number of ether oxygens (including phenoxy) is 1. The molecule has 5 aromatic heterocycles. The van der Waals surface area contributed by atoms with Crippen molar-refractivity contribution in [3.63, 3.8) is 0 Å². The Hall–Kier alpha value is -10.4. The predicted molar refractivity (Wildman–Crippen MR) is 550 cm³/mol. The van der Waals surface area contributed by atoms with E-state index in [-0.39, 0.29) is 66.6 Å². The molecule has 0 aliphatic carbocycles. The fourth-order valence-corrected chi connectivity index (χ4v) is 15.5. The van der Waals surface area contributed by atoms with Crippen LogP contribution >= 0.6 is 11.3 Å². The van der Waals surface area contributed by atoms with E-state index in [2.05, 4.69) is 340 Å². The van der Waals surface area contributed by atoms with E-state index in [9.17, 15) is 25.5 Å². The second-order valence-electron chi connectivity index (χ2n) is 45.4. The topological polar surface area (TPSA) is 227 Å². The summed E-state index contributed by atoms with van der Waals surface area (Å²) in [6, 6.07) is 57.4. The highest BCUT2D eigenvalue weighted by atomic mass is 32.1. The molecule has 0 amide bonds. The van der Waals surface area contributed by atoms with Crippen LogP contribution in [0, 0.1) is 6.92 Å². The maximum Gasteiger partial charge on any atom is 0.213 e. The maximum absolute atomic E-state index is 11.1. The first-order valence-corrected chi connectivity index (χ1v) is 46.7. The van der Waals surface area contributed by atoms with Crippen LogP contribution in [0.4, 0.5) is 0 Å². The molecular formula is C113H153N9O7S. The molecule has 0 saturated carbocycles. The van der Waals surface area contributed by atoms with Gasteiger partial charge in [-0.05, 0) is 269 Å². The van der Waals surface area contributed by atoms with E-state index >= 15 is 0 Å². The fraction of sp³-hybridized carbons (Fsp3) is 0.442. The predicted octanol–water partition coefficient (Wildman–Crippen LogP) is 28.0. The number of nitrogens with one attached hydrogen (secondary N) is 5. The third-order valence-corrected chi connectivity index (χ3v) is 23.5. The number of aryl methyl sites for hydroxylation is 2. The smallest absolute Gasteiger partial charge is 0.213 e. The van der Waals surface area contributed by atoms with Gasteiger partial charge in [-0.2, -0.15) is 5.10 Å². The number of benzene rings is 8. The Morgan fingerprint density at radius 2 is 0.754 bits per heavy atom. The molecule has 0 aliphatic heterocycles. The summed E-state index contributed by atoms with van der Waals surface area (Å²) in [5.41, 5.74) is 20.3. The monoisotopic (exact) mass is 1780 g/mol. The lowest BCUT2D eigenvalue weighted by Gasteiger charge is -2.25. The van der Waals surface area contributed by atoms with Gasteiger partial charge >= 0.3 is 0 Å². The number of phenolic OH excluding ortho intramolecular Hbond substituents is 5. The van der Waals surface area contributed by atoms with E-state index in [1.54, 1.807) is 17.5 Å². The van der Waals surface area contributed by atoms with Crippen molar-refractivity contribution in [2.24, 2.45) is 7.05 Å². The highest BCUT2D eigenvalue weighted by Gasteiger charge is 2.29. The Balaban J connectivity index is 0.000000183. The van der Waals surface area contributed by atoms with Crippen molar-refractivity contribution in [3.8, 4) is 89.9 Å². The molecule has 0 saturated heterocycles. The van der Waals surface area contributed by atoms with Gasteiger partial charge in [0.25, 0.3) is 0 Å². The molecule has 17 heteroatoms. The molecule has 10 N–H and O–H groups in total. The zero-order valence-electron chi connectivity index (χ0n) is 84.7. The van der Waals surface area contributed by atoms with Crippen LogP contribution in [0.3, 0.4) is 0 Å². The Morgan fingerprint density at radius 3 is 1.16 bits per heavy atom. The largest absolute Gasteiger partial charge is 0.507 e. The quantitative estimate of drug-likeness (QED) is 0.0409. The zero-order chi connectivity index (χ0) is 96.7. The van der Waals surface area contributed by atoms with Crippen molar-refractivity contribution in [1.82, 2.24) is 46.3 Å². The Morgan fingerprint density at radius 1 is 0.377 bits per heavy atom. The summed E-state index contributed by atoms with van der Waals surface area (Å²) in [5, 5.41) is 80.1. The molecule has 0 atom stereocenters. The molecule has 0 unspecified atom stereocenters. The minimum atomic E-state index is -0.0261. The van der Waals surface area contributed by atoms with Gasteiger partial charge in [-0.15, -0.1) is 11.3 Å². The van der Waals surface area contributed by atoms with Gasteiger partial charge in [0.1, 0.15) is 40.1 Å². The first kappa shape index (κ1) is 103. The molecule has 5 heterocycles. The van der Waals surface area contributed by atoms with Crippen LogP contribution in [0.25, 0.3) is 87.2 Å². The molecule has 16 nitrogen and oxygen atoms in total. The Bertz CT molecular complexity index is 5790. The molecule has 0 spiro atoms. The first-order chi connectivity index (χ1) is 59.9. The van der Waals surface area contributed by atoms with E-state index in [0.29, 0.717) is 67.4 Å². The number of thiophene rings is 1. The fourth-order valence-electron chi connectivity index (χ4n) is 14.4. The van der Waals surface area contributed by atoms with E-state index < -0.39 is 0 Å². The van der Waals surface area contributed by atoms with Crippen molar-refractivity contribution >= 4 is 43.3 Å². The van der Waals surface area contributed by atoms with Gasteiger partial charge in [-0.1, -0.05) is 189 Å². The number of hydrogen-bond donors (Lipinski definition) is 10. The molecule has 0 aliphatic rings. The van der Waals surface area contributed by atoms with Gasteiger partial charge in [0, 0.05) is 162 Å². The first-order valence-electron chi connectivity index (χ1n) is 45.9. The SMILES string of the molecule is CC(C)(C)NCc1cc(C(C)(C)C)cc(-c2cc3ccccc3o2)c1O.CC(C)(C)NCc1cc(C(C)(C)C)cc(-c2cc3ccccc3s2)c1O.CC(C)(C)NCc1cc(C(C)(C)C)cc(-c2ccnc3ccccc23)c1O.CC(C)Oc1ccc(-c2cc(C(C)(C)C)cc(CNC(C)(C)C)c2O)cn1.Cc1cc(-c2cc(C(C)(C)C)cc(CNC(C)(C)C)c2O)n(C)n1. The number of aromatic nitrogens is 4. The van der Waals surface area contributed by atoms with Gasteiger partial charge in [0.15, 0.2) is 0 Å². The Labute approximate surface area is 782 Å². The highest BCUT2D eigenvalue weighted by molar-refractivity contribution is 7.22. The summed E-state index contributed by atoms with van der Waals surface area (Å²) in [6.45, 7) is 73.9. The summed E-state index contributed by atoms with van der Waals surface area (Å²) in [5.74, 6) is 2.95. The minimum Gasteiger partial charge on any atom is -0.507 e. The molecule has 0 fully saturated rings. The van der Waals surface area contributed by atoms with Crippen LogP contribution in [0.15, 0.2) is 187 Å². The third kappa shape index (κ3) is 29.1. The van der Waals surface area contributed by atoms with Gasteiger partial charge in [-0.25, -0.2) is 4.98 Å². The van der Waals surface area contributed by atoms with Crippen molar-refractivity contribution in [2.45, 2.75) is 322 Å². The number of phenols is 5. The second-order valence-corrected chi connectivity index (χ2v) is 46.5. The molecule has 0 radical (unpaired) electrons. The summed E-state index contributed by atoms with van der Waals surface area (Å²) >= 11 is 1.74. The molecule has 130 heavy (non-hydrogen) atoms. The van der Waals surface area contributed by atoms with Crippen molar-refractivity contribution in [1.29, 1.82) is 0 Å². The van der Waals surface area contributed by atoms with Gasteiger partial charge in [0.05, 0.1) is 28.6 Å². The normalized spacial score (nSPS) is 12.6. The molecule has 13 rings (SSSR count). The summed E-state index contributed by atoms with van der Waals surface area (Å²) < 4.78 is 14.7. The minimum absolute atomic E-state index is 0.00194. The second kappa shape index (κ2) is 40.8. The van der Waals surface area contributed by atoms with Crippen molar-refractivity contribution in [3.05, 3.63) is 244 Å². The van der Waals surface area contributed by atoms with Crippen LogP contribution in [0.2, 0.25) is 0 Å². The van der Waals surface area contributed by atoms with E-state index in [0.717, 1.165) is 105 Å². The lowest BCUT2D eigenvalue weighted by Crippen LogP contribution is -2.35. The average molecular weight is 1780 g/mol. The van der Waals surface area contributed by atoms with Gasteiger partial charge in [-0.3, -0.25) is 9.67 Å². The third-order valence-electron chi connectivity index (χ3n) is 22.3. The van der Waals surface area contributed by atoms with Gasteiger partial charge < -0.3 is 61.3 Å². The number of hydrogen-bond acceptors (Lipinski definition) is 16. The van der Waals surface area contributed by atoms with Crippen LogP contribution in [0.5, 0.6) is 34.6 Å². The number of fused-ring (bicyclic) bond motifs is 3. The summed E-state index contributed by atoms with van der Waals surface area (Å²) in [4.78, 5) is 9.98. The zero-order valence-corrected chi connectivity index (χ0v) is 85.5. The number of para-hydroxylation sites is 2. The number of furan rings is 1. The Kier molecular flexibility index (Phi) is 32.4. The molecule has 698 valence electrons. The van der Waals surface area contributed by atoms with Crippen molar-refractivity contribution in [2.75, 3.05) is 0 Å². The van der Waals surface area contributed by atoms with Crippen LogP contribution < -0.4 is 31.3 Å². The molecule has 8 aromatic carbocycles. The lowest BCUT2D eigenvalue weighted by atomic mass is 9.83. The van der Waals surface area contributed by atoms with Crippen LogP contribution in [-0.4, -0.2) is 79.1 Å². The summed E-state index contributed by atoms with van der Waals surface area (Å²) in [6.07, 6.45) is 3.66. The number of pyridine rings is 2. The number of nitrogens with zero attached hydrogens (tertiary/aromatic N) is 4. The van der Waals surface area contributed by atoms with E-state index in [1.807, 2.05) is 118 Å². The van der Waals surface area contributed by atoms with Crippen LogP contribution in [0.1, 0.15) is 283 Å². The average Bonchev–Trinajstić information content (AvgIpc) is 1.11. The van der Waals surface area contributed by atoms with Gasteiger partial charge in [0.2, 0.25) is 5.88 Å². The number of rotatable bonds is 17. The summed E-state index contributed by atoms with van der Waals surface area (Å²) in [7, 11) is 1.92. The number of aromatic hydroxyl groups is 5. The molecule has 13 aromatic rings. The lowest BCUT2D eigenvalue weighted by molar-refractivity contribution is 0.232. The van der Waals surface area contributed by atoms with Crippen molar-refractivity contribution < 1.29 is 34.7 Å². The highest BCUT2D eigenvalue weighted by Crippen LogP contribution is 2.47.